The van der Waals surface area contributed by atoms with Crippen LogP contribution in [0.3, 0.4) is 0 Å². The number of halogens is 1. The van der Waals surface area contributed by atoms with Gasteiger partial charge in [-0.1, -0.05) is 11.6 Å². The van der Waals surface area contributed by atoms with E-state index < -0.39 is 5.60 Å². The zero-order chi connectivity index (χ0) is 20.5. The summed E-state index contributed by atoms with van der Waals surface area (Å²) in [5.74, 6) is 0.658. The van der Waals surface area contributed by atoms with Gasteiger partial charge in [-0.2, -0.15) is 0 Å². The number of nitrogens with zero attached hydrogens (tertiary/aromatic N) is 2. The van der Waals surface area contributed by atoms with E-state index in [-0.39, 0.29) is 6.09 Å². The molecule has 3 rings (SSSR count). The first-order chi connectivity index (χ1) is 13.1. The highest BCUT2D eigenvalue weighted by atomic mass is 35.5. The molecule has 28 heavy (non-hydrogen) atoms. The van der Waals surface area contributed by atoms with Gasteiger partial charge < -0.3 is 25.0 Å². The van der Waals surface area contributed by atoms with E-state index in [1.807, 2.05) is 31.7 Å². The van der Waals surface area contributed by atoms with Crippen LogP contribution < -0.4 is 15.4 Å². The number of carbonyl (C=O) groups is 1. The Morgan fingerprint density at radius 3 is 2.21 bits per heavy atom. The summed E-state index contributed by atoms with van der Waals surface area (Å²) in [6, 6.07) is 3.69. The normalized spacial score (nSPS) is 19.6. The zero-order valence-electron chi connectivity index (χ0n) is 17.4. The third kappa shape index (κ3) is 4.59. The number of hydrogen-bond donors (Lipinski definition) is 1. The van der Waals surface area contributed by atoms with E-state index in [4.69, 9.17) is 26.8 Å². The van der Waals surface area contributed by atoms with Crippen molar-refractivity contribution in [1.29, 1.82) is 0 Å². The van der Waals surface area contributed by atoms with Gasteiger partial charge in [0.2, 0.25) is 0 Å². The molecule has 0 saturated carbocycles. The second-order valence-corrected chi connectivity index (χ2v) is 9.41. The lowest BCUT2D eigenvalue weighted by Gasteiger charge is -2.47. The average molecular weight is 410 g/mol. The first kappa shape index (κ1) is 20.9. The molecule has 2 heterocycles. The van der Waals surface area contributed by atoms with Gasteiger partial charge >= 0.3 is 6.09 Å². The number of piperidine rings is 2. The van der Waals surface area contributed by atoms with Crippen molar-refractivity contribution in [3.63, 3.8) is 0 Å². The van der Waals surface area contributed by atoms with Gasteiger partial charge in [-0.15, -0.1) is 0 Å². The molecule has 2 aliphatic rings. The molecule has 2 fully saturated rings. The van der Waals surface area contributed by atoms with Crippen molar-refractivity contribution in [2.75, 3.05) is 43.9 Å². The molecule has 2 aliphatic heterocycles. The number of nitrogens with two attached hydrogens (primary N) is 1. The van der Waals surface area contributed by atoms with Crippen molar-refractivity contribution in [2.45, 2.75) is 52.1 Å². The van der Waals surface area contributed by atoms with E-state index >= 15 is 0 Å². The fraction of sp³-hybridized carbons (Fsp3) is 0.667. The average Bonchev–Trinajstić information content (AvgIpc) is 2.62. The lowest BCUT2D eigenvalue weighted by molar-refractivity contribution is 0.00666. The molecule has 0 atom stereocenters. The van der Waals surface area contributed by atoms with Gasteiger partial charge in [0.25, 0.3) is 0 Å². The first-order valence-electron chi connectivity index (χ1n) is 9.98. The minimum Gasteiger partial charge on any atom is -0.495 e. The highest BCUT2D eigenvalue weighted by Crippen LogP contribution is 2.44. The quantitative estimate of drug-likeness (QED) is 0.726. The minimum absolute atomic E-state index is 0.194. The molecule has 1 aromatic rings. The van der Waals surface area contributed by atoms with Crippen LogP contribution in [0.4, 0.5) is 16.2 Å². The predicted octanol–water partition coefficient (Wildman–Crippen LogP) is 4.55. The summed E-state index contributed by atoms with van der Waals surface area (Å²) >= 11 is 6.44. The Morgan fingerprint density at radius 2 is 1.68 bits per heavy atom. The van der Waals surface area contributed by atoms with E-state index in [1.165, 1.54) is 0 Å². The van der Waals surface area contributed by atoms with E-state index in [0.29, 0.717) is 21.9 Å². The minimum atomic E-state index is -0.447. The fourth-order valence-electron chi connectivity index (χ4n) is 4.19. The van der Waals surface area contributed by atoms with Gasteiger partial charge in [-0.05, 0) is 57.9 Å². The number of amides is 1. The molecule has 1 spiro atoms. The Morgan fingerprint density at radius 1 is 1.11 bits per heavy atom. The number of anilines is 2. The van der Waals surface area contributed by atoms with Crippen LogP contribution in [-0.4, -0.2) is 49.9 Å². The third-order valence-electron chi connectivity index (χ3n) is 5.94. The van der Waals surface area contributed by atoms with Crippen molar-refractivity contribution in [3.8, 4) is 5.75 Å². The number of hydrogen-bond acceptors (Lipinski definition) is 5. The lowest BCUT2D eigenvalue weighted by atomic mass is 9.71. The largest absolute Gasteiger partial charge is 0.495 e. The third-order valence-corrected chi connectivity index (χ3v) is 6.24. The maximum absolute atomic E-state index is 12.3. The van der Waals surface area contributed by atoms with Crippen molar-refractivity contribution >= 4 is 29.1 Å². The molecule has 2 saturated heterocycles. The summed E-state index contributed by atoms with van der Waals surface area (Å²) in [4.78, 5) is 16.5. The van der Waals surface area contributed by atoms with Crippen LogP contribution in [0.15, 0.2) is 12.1 Å². The fourth-order valence-corrected chi connectivity index (χ4v) is 4.48. The summed E-state index contributed by atoms with van der Waals surface area (Å²) in [7, 11) is 1.62. The highest BCUT2D eigenvalue weighted by Gasteiger charge is 2.39. The maximum atomic E-state index is 12.3. The van der Waals surface area contributed by atoms with Crippen molar-refractivity contribution in [2.24, 2.45) is 5.41 Å². The number of nitrogen functional groups attached to an aromatic ring is 1. The molecule has 6 nitrogen and oxygen atoms in total. The van der Waals surface area contributed by atoms with Crippen molar-refractivity contribution in [1.82, 2.24) is 4.90 Å². The predicted molar refractivity (Wildman–Crippen MR) is 113 cm³/mol. The Kier molecular flexibility index (Phi) is 5.89. The first-order valence-corrected chi connectivity index (χ1v) is 10.4. The Balaban J connectivity index is 1.58. The van der Waals surface area contributed by atoms with Crippen LogP contribution in [0.25, 0.3) is 0 Å². The summed E-state index contributed by atoms with van der Waals surface area (Å²) in [6.07, 6.45) is 4.05. The second kappa shape index (κ2) is 7.90. The van der Waals surface area contributed by atoms with Crippen LogP contribution in [0.1, 0.15) is 46.5 Å². The number of methoxy groups -OCH3 is 1. The van der Waals surface area contributed by atoms with Crippen LogP contribution in [0.2, 0.25) is 5.02 Å². The molecule has 0 bridgehead atoms. The zero-order valence-corrected chi connectivity index (χ0v) is 18.1. The topological polar surface area (TPSA) is 68.0 Å². The van der Waals surface area contributed by atoms with Gasteiger partial charge in [0, 0.05) is 32.2 Å². The standard InChI is InChI=1S/C21H32ClN3O3/c1-20(2,3)28-19(26)25-11-7-21(8-12-25)5-9-24(10-6-21)17-14-18(27-4)16(23)13-15(17)22/h13-14H,5-12,23H2,1-4H3. The molecule has 1 amide bonds. The van der Waals surface area contributed by atoms with Gasteiger partial charge in [0.05, 0.1) is 23.5 Å². The van der Waals surface area contributed by atoms with Crippen LogP contribution >= 0.6 is 11.6 Å². The van der Waals surface area contributed by atoms with Crippen LogP contribution in [0.5, 0.6) is 5.75 Å². The number of likely N-dealkylation sites (tertiary alicyclic amines) is 1. The van der Waals surface area contributed by atoms with E-state index in [9.17, 15) is 4.79 Å². The van der Waals surface area contributed by atoms with E-state index in [0.717, 1.165) is 57.5 Å². The summed E-state index contributed by atoms with van der Waals surface area (Å²) in [5, 5.41) is 0.661. The molecule has 0 radical (unpaired) electrons. The summed E-state index contributed by atoms with van der Waals surface area (Å²) in [6.45, 7) is 9.14. The van der Waals surface area contributed by atoms with E-state index in [2.05, 4.69) is 4.90 Å². The maximum Gasteiger partial charge on any atom is 0.410 e. The molecule has 156 valence electrons. The monoisotopic (exact) mass is 409 g/mol. The number of benzene rings is 1. The molecular formula is C21H32ClN3O3. The molecule has 1 aromatic carbocycles. The Bertz CT molecular complexity index is 714. The van der Waals surface area contributed by atoms with Gasteiger partial charge in [-0.3, -0.25) is 0 Å². The Labute approximate surface area is 172 Å². The molecule has 2 N–H and O–H groups in total. The molecule has 0 aliphatic carbocycles. The van der Waals surface area contributed by atoms with E-state index in [1.54, 1.807) is 13.2 Å². The number of ether oxygens (including phenoxy) is 2. The molecule has 0 unspecified atom stereocenters. The molecule has 0 aromatic heterocycles. The van der Waals surface area contributed by atoms with Crippen molar-refractivity contribution < 1.29 is 14.3 Å². The smallest absolute Gasteiger partial charge is 0.410 e. The van der Waals surface area contributed by atoms with Crippen LogP contribution in [-0.2, 0) is 4.74 Å². The van der Waals surface area contributed by atoms with Crippen molar-refractivity contribution in [3.05, 3.63) is 17.2 Å². The second-order valence-electron chi connectivity index (χ2n) is 9.00. The lowest BCUT2D eigenvalue weighted by Crippen LogP contribution is -2.49. The highest BCUT2D eigenvalue weighted by molar-refractivity contribution is 6.33. The Hall–Kier alpha value is -1.82. The molecule has 7 heteroatoms. The number of rotatable bonds is 2. The van der Waals surface area contributed by atoms with Gasteiger partial charge in [-0.25, -0.2) is 4.79 Å². The van der Waals surface area contributed by atoms with Crippen LogP contribution in [0, 0.1) is 5.41 Å². The number of carbonyl (C=O) groups excluding carboxylic acids is 1. The molecular weight excluding hydrogens is 378 g/mol. The van der Waals surface area contributed by atoms with Gasteiger partial charge in [0.15, 0.2) is 0 Å². The summed E-state index contributed by atoms with van der Waals surface area (Å²) in [5.41, 5.74) is 7.34. The summed E-state index contributed by atoms with van der Waals surface area (Å²) < 4.78 is 10.9. The SMILES string of the molecule is COc1cc(N2CCC3(CCN(C(=O)OC(C)(C)C)CC3)CC2)c(Cl)cc1N. The van der Waals surface area contributed by atoms with Gasteiger partial charge in [0.1, 0.15) is 11.4 Å².